The maximum absolute atomic E-state index is 15.9. The maximum atomic E-state index is 15.9. The van der Waals surface area contributed by atoms with Gasteiger partial charge in [0.05, 0.1) is 38.1 Å². The molecule has 0 radical (unpaired) electrons. The minimum Gasteiger partial charge on any atom is -0.403 e. The molecule has 0 bridgehead atoms. The summed E-state index contributed by atoms with van der Waals surface area (Å²) in [6.07, 6.45) is -3.94. The highest BCUT2D eigenvalue weighted by molar-refractivity contribution is 8.07. The van der Waals surface area contributed by atoms with E-state index in [1.54, 1.807) is 13.8 Å². The van der Waals surface area contributed by atoms with Crippen LogP contribution in [0.3, 0.4) is 0 Å². The van der Waals surface area contributed by atoms with Crippen LogP contribution in [0.25, 0.3) is 11.2 Å². The fourth-order valence-electron chi connectivity index (χ4n) is 6.69. The third-order valence-electron chi connectivity index (χ3n) is 10.8. The third-order valence-corrected chi connectivity index (χ3v) is 18.1. The Morgan fingerprint density at radius 3 is 2.71 bits per heavy atom. The van der Waals surface area contributed by atoms with E-state index in [4.69, 9.17) is 39.1 Å². The molecule has 0 aromatic carbocycles. The lowest BCUT2D eigenvalue weighted by Crippen LogP contribution is -2.51. The molecule has 0 spiro atoms. The van der Waals surface area contributed by atoms with Gasteiger partial charge in [-0.3, -0.25) is 33.5 Å². The Kier molecular flexibility index (Phi) is 13.1. The Labute approximate surface area is 339 Å². The van der Waals surface area contributed by atoms with Gasteiger partial charge in [-0.1, -0.05) is 34.6 Å². The molecular weight excluding hydrogens is 840 g/mol. The zero-order valence-electron chi connectivity index (χ0n) is 32.8. The summed E-state index contributed by atoms with van der Waals surface area (Å²) in [7, 11) is -6.36. The minimum absolute atomic E-state index is 0.000630. The van der Waals surface area contributed by atoms with Gasteiger partial charge in [0, 0.05) is 18.0 Å². The highest BCUT2D eigenvalue weighted by Gasteiger charge is 2.81. The lowest BCUT2D eigenvalue weighted by molar-refractivity contribution is -0.118. The van der Waals surface area contributed by atoms with Gasteiger partial charge in [0.25, 0.3) is 5.56 Å². The van der Waals surface area contributed by atoms with E-state index in [1.165, 1.54) is 29.5 Å². The number of ether oxygens (including phenoxy) is 1. The van der Waals surface area contributed by atoms with Crippen molar-refractivity contribution in [1.82, 2.24) is 29.5 Å². The fourth-order valence-corrected chi connectivity index (χ4v) is 10.9. The van der Waals surface area contributed by atoms with Gasteiger partial charge in [-0.2, -0.15) is 10.2 Å². The molecule has 1 aliphatic heterocycles. The van der Waals surface area contributed by atoms with E-state index < -0.39 is 95.1 Å². The van der Waals surface area contributed by atoms with Crippen molar-refractivity contribution in [3.63, 3.8) is 0 Å². The molecule has 3 aromatic heterocycles. The Bertz CT molecular complexity index is 2160. The second-order valence-corrected chi connectivity index (χ2v) is 24.6. The summed E-state index contributed by atoms with van der Waals surface area (Å²) in [5, 5.41) is 26.1. The zero-order valence-corrected chi connectivity index (χ0v) is 36.5. The van der Waals surface area contributed by atoms with Crippen LogP contribution in [0.5, 0.6) is 0 Å². The number of aliphatic hydroxyl groups is 1. The van der Waals surface area contributed by atoms with Crippen LogP contribution in [0.15, 0.2) is 29.7 Å². The molecule has 25 heteroatoms. The average molecular weight is 888 g/mol. The van der Waals surface area contributed by atoms with E-state index in [-0.39, 0.29) is 48.2 Å². The van der Waals surface area contributed by atoms with Crippen molar-refractivity contribution in [2.75, 3.05) is 23.8 Å². The van der Waals surface area contributed by atoms with Crippen LogP contribution in [0.1, 0.15) is 53.7 Å². The predicted molar refractivity (Wildman–Crippen MR) is 212 cm³/mol. The van der Waals surface area contributed by atoms with Crippen LogP contribution in [0, 0.1) is 23.2 Å². The lowest BCUT2D eigenvalue weighted by atomic mass is 10.1. The number of alkyl halides is 1. The van der Waals surface area contributed by atoms with Gasteiger partial charge in [0.2, 0.25) is 11.9 Å². The number of fused-ring (bicyclic) bond motifs is 2. The molecule has 1 amide bonds. The Morgan fingerprint density at radius 2 is 2.07 bits per heavy atom. The van der Waals surface area contributed by atoms with E-state index in [2.05, 4.69) is 35.6 Å². The predicted octanol–water partition coefficient (Wildman–Crippen LogP) is 3.70. The number of carbonyl (C=O) groups is 1. The first kappa shape index (κ1) is 44.4. The second kappa shape index (κ2) is 17.1. The van der Waals surface area contributed by atoms with Gasteiger partial charge >= 0.3 is 15.0 Å². The monoisotopic (exact) mass is 887 g/mol. The van der Waals surface area contributed by atoms with Crippen LogP contribution < -0.4 is 16.2 Å². The number of hydrogen-bond donors (Lipinski definition) is 5. The van der Waals surface area contributed by atoms with Gasteiger partial charge < -0.3 is 38.1 Å². The quantitative estimate of drug-likeness (QED) is 0.0735. The standard InChI is InChI=1S/C33H48FN9O11P2SSi/c1-17(2)28(45)41-31-40-27-22(29(46)42-31)38-16-43(27)30-26(33(24(44)25(33)51-30)54-58(6,7)32(3,4)5)53-56(57,49-12-8-10-35)50-14-18-13-19(21(34)23(18)52-55(47)48)39-20-9-11-36-15-37-20/h9,11,15-19,21,23-26,30,44,55H,8,12-14H2,1-7H3,(H,47,48)(H,36,37,39)(H2,40,41,42,45,46)/t18-,19-,21+,23-,24?,25-,26+,30-,33?,56?/m1/s1. The van der Waals surface area contributed by atoms with E-state index >= 15 is 4.39 Å². The van der Waals surface area contributed by atoms with Crippen molar-refractivity contribution >= 4 is 63.9 Å². The first-order valence-electron chi connectivity index (χ1n) is 18.5. The number of amides is 1. The van der Waals surface area contributed by atoms with Crippen molar-refractivity contribution in [2.45, 2.75) is 114 Å². The Hall–Kier alpha value is -3.10. The summed E-state index contributed by atoms with van der Waals surface area (Å²) in [5.41, 5.74) is -2.28. The molecule has 3 aliphatic rings. The van der Waals surface area contributed by atoms with Gasteiger partial charge in [-0.15, -0.1) is 0 Å². The smallest absolute Gasteiger partial charge is 0.327 e. The van der Waals surface area contributed by atoms with Crippen LogP contribution >= 0.6 is 15.0 Å². The molecular formula is C33H48FN9O11P2SSi. The molecule has 2 saturated carbocycles. The van der Waals surface area contributed by atoms with Crippen LogP contribution in [0.2, 0.25) is 18.1 Å². The number of H-pyrrole nitrogens is 1. The molecule has 58 heavy (non-hydrogen) atoms. The van der Waals surface area contributed by atoms with Crippen molar-refractivity contribution in [3.8, 4) is 6.07 Å². The number of aliphatic hydroxyl groups excluding tert-OH is 1. The summed E-state index contributed by atoms with van der Waals surface area (Å²) < 4.78 is 66.7. The molecule has 1 saturated heterocycles. The second-order valence-electron chi connectivity index (χ2n) is 16.1. The number of nitrogens with one attached hydrogen (secondary N) is 3. The molecule has 4 unspecified atom stereocenters. The van der Waals surface area contributed by atoms with Crippen LogP contribution in [-0.4, -0.2) is 109 Å². The normalized spacial score (nSPS) is 29.8. The number of carbonyl (C=O) groups excluding carboxylic acids is 1. The molecule has 4 heterocycles. The van der Waals surface area contributed by atoms with Gasteiger partial charge in [-0.05, 0) is 42.4 Å². The number of anilines is 2. The first-order chi connectivity index (χ1) is 27.2. The summed E-state index contributed by atoms with van der Waals surface area (Å²) in [5.74, 6) is -1.51. The van der Waals surface area contributed by atoms with Crippen molar-refractivity contribution in [2.24, 2.45) is 11.8 Å². The van der Waals surface area contributed by atoms with Crippen molar-refractivity contribution in [1.29, 1.82) is 5.26 Å². The summed E-state index contributed by atoms with van der Waals surface area (Å²) in [6.45, 7) is 8.68. The number of aromatic amines is 1. The highest BCUT2D eigenvalue weighted by atomic mass is 32.5. The molecule has 6 rings (SSSR count). The Morgan fingerprint density at radius 1 is 1.33 bits per heavy atom. The van der Waals surface area contributed by atoms with E-state index in [9.17, 15) is 29.4 Å². The molecule has 5 N–H and O–H groups in total. The third kappa shape index (κ3) is 8.99. The molecule has 20 nitrogen and oxygen atoms in total. The summed E-state index contributed by atoms with van der Waals surface area (Å²) in [6, 6.07) is 2.60. The van der Waals surface area contributed by atoms with Crippen LogP contribution in [-0.2, 0) is 48.4 Å². The topological polar surface area (TPSA) is 267 Å². The average Bonchev–Trinajstić information content (AvgIpc) is 3.46. The number of hydrogen-bond acceptors (Lipinski definition) is 17. The highest BCUT2D eigenvalue weighted by Crippen LogP contribution is 2.65. The summed E-state index contributed by atoms with van der Waals surface area (Å²) >= 11 is 5.98. The molecule has 318 valence electrons. The van der Waals surface area contributed by atoms with E-state index in [0.29, 0.717) is 5.82 Å². The fraction of sp³-hybridized carbons (Fsp3) is 0.667. The van der Waals surface area contributed by atoms with Crippen molar-refractivity contribution < 1.29 is 51.0 Å². The number of halogens is 1. The molecule has 3 aromatic rings. The van der Waals surface area contributed by atoms with Gasteiger partial charge in [0.1, 0.15) is 48.3 Å². The van der Waals surface area contributed by atoms with Crippen molar-refractivity contribution in [3.05, 3.63) is 35.3 Å². The zero-order chi connectivity index (χ0) is 42.4. The van der Waals surface area contributed by atoms with Gasteiger partial charge in [0.15, 0.2) is 25.7 Å². The maximum Gasteiger partial charge on any atom is 0.327 e. The van der Waals surface area contributed by atoms with E-state index in [0.717, 1.165) is 0 Å². The first-order valence-corrected chi connectivity index (χ1v) is 25.3. The SMILES string of the molecule is CC(C)C(=O)Nc1nc2c(ncn2[C@@H]2O[C@@H]3C(O)C3(O[Si](C)(C)C(C)(C)C)[C@H]2OP(=S)(OCCC#N)OC[C@H]2C[C@@H](Nc3ccncn3)[C@H](F)[C@@H]2O[PH](=O)O)c(=O)[nH]1. The van der Waals surface area contributed by atoms with Gasteiger partial charge in [-0.25, -0.2) is 19.3 Å². The number of aromatic nitrogens is 6. The molecule has 11 atom stereocenters. The van der Waals surface area contributed by atoms with Crippen LogP contribution in [0.4, 0.5) is 16.2 Å². The molecule has 3 fully saturated rings. The molecule has 2 aliphatic carbocycles. The number of imidazole rings is 1. The Balaban J connectivity index is 1.37. The lowest BCUT2D eigenvalue weighted by Gasteiger charge is -2.42. The number of nitriles is 1. The minimum atomic E-state index is -4.06. The largest absolute Gasteiger partial charge is 0.403 e. The summed E-state index contributed by atoms with van der Waals surface area (Å²) in [4.78, 5) is 54.6. The number of nitrogens with zero attached hydrogens (tertiary/aromatic N) is 6. The van der Waals surface area contributed by atoms with E-state index in [1.807, 2.05) is 39.9 Å². The number of rotatable bonds is 17.